The van der Waals surface area contributed by atoms with Gasteiger partial charge in [0.15, 0.2) is 0 Å². The van der Waals surface area contributed by atoms with E-state index in [9.17, 15) is 0 Å². The number of rotatable bonds is 1. The summed E-state index contributed by atoms with van der Waals surface area (Å²) >= 11 is 2.33. The molecule has 2 aromatic rings. The molecule has 2 aromatic heterocycles. The van der Waals surface area contributed by atoms with Crippen molar-refractivity contribution in [2.75, 3.05) is 33.3 Å². The van der Waals surface area contributed by atoms with Gasteiger partial charge in [-0.2, -0.15) is 10.2 Å². The molecular weight excluding hydrogens is 571 g/mol. The van der Waals surface area contributed by atoms with Crippen molar-refractivity contribution in [3.63, 3.8) is 0 Å². The Bertz CT molecular complexity index is 911. The van der Waals surface area contributed by atoms with Crippen molar-refractivity contribution in [3.8, 4) is 5.88 Å². The number of ether oxygens (including phenoxy) is 1. The molecule has 1 spiro atoms. The highest BCUT2D eigenvalue weighted by atomic mass is 127. The lowest BCUT2D eigenvalue weighted by atomic mass is 9.82. The summed E-state index contributed by atoms with van der Waals surface area (Å²) in [6, 6.07) is 2.25. The molecule has 3 aliphatic heterocycles. The van der Waals surface area contributed by atoms with E-state index >= 15 is 0 Å². The third-order valence-electron chi connectivity index (χ3n) is 5.84. The molecule has 1 fully saturated rings. The second kappa shape index (κ2) is 13.1. The smallest absolute Gasteiger partial charge is 0.214 e. The first-order valence-electron chi connectivity index (χ1n) is 12.9. The van der Waals surface area contributed by atoms with Crippen LogP contribution in [0.25, 0.3) is 0 Å². The van der Waals surface area contributed by atoms with E-state index in [1.807, 2.05) is 31.6 Å². The van der Waals surface area contributed by atoms with E-state index in [0.29, 0.717) is 5.41 Å². The maximum atomic E-state index is 5.81. The predicted octanol–water partition coefficient (Wildman–Crippen LogP) is 6.20. The third-order valence-corrected chi connectivity index (χ3v) is 7.97. The Hall–Kier alpha value is -0.780. The highest BCUT2D eigenvalue weighted by molar-refractivity contribution is 14.2. The highest BCUT2D eigenvalue weighted by Gasteiger charge is 2.47. The molecule has 3 aliphatic rings. The molecule has 0 amide bonds. The Morgan fingerprint density at radius 2 is 1.71 bits per heavy atom. The second-order valence-electron chi connectivity index (χ2n) is 11.4. The molecule has 0 saturated carbocycles. The van der Waals surface area contributed by atoms with Gasteiger partial charge in [-0.25, -0.2) is 8.99 Å². The normalized spacial score (nSPS) is 18.5. The molecule has 0 atom stereocenters. The summed E-state index contributed by atoms with van der Waals surface area (Å²) in [4.78, 5) is 2.34. The molecule has 0 radical (unpaired) electrons. The van der Waals surface area contributed by atoms with Crippen molar-refractivity contribution in [2.45, 2.75) is 87.4 Å². The first kappa shape index (κ1) is 30.4. The third kappa shape index (κ3) is 8.36. The van der Waals surface area contributed by atoms with Crippen LogP contribution >= 0.6 is 30.3 Å². The number of halogens is 1. The molecule has 0 aliphatic carbocycles. The van der Waals surface area contributed by atoms with Gasteiger partial charge >= 0.3 is 0 Å². The van der Waals surface area contributed by atoms with Crippen LogP contribution in [0.4, 0.5) is 0 Å². The molecule has 9 heteroatoms. The van der Waals surface area contributed by atoms with E-state index in [1.165, 1.54) is 11.4 Å². The lowest BCUT2D eigenvalue weighted by Gasteiger charge is -2.49. The van der Waals surface area contributed by atoms with Crippen molar-refractivity contribution in [1.82, 2.24) is 28.8 Å². The molecule has 200 valence electrons. The standard InChI is InChI=1S/C11H19N3.C9H12IN3OS.C4H10.C2H6/c1-11(2,3)10-7-9-8-13(4)5-6-14(9)12-10;1-7-2-11-13-5-9(6-14-8(7)13)3-12(4-9)15-10;1-4(2)3;1-2/h7H,5-6,8H2,1-4H3;2H,3-6H2,1H3;4H,1-3H3;1-2H3. The van der Waals surface area contributed by atoms with E-state index in [0.717, 1.165) is 63.2 Å². The minimum atomic E-state index is 0.170. The fourth-order valence-electron chi connectivity index (χ4n) is 4.06. The van der Waals surface area contributed by atoms with Crippen molar-refractivity contribution < 1.29 is 4.74 Å². The summed E-state index contributed by atoms with van der Waals surface area (Å²) in [6.45, 7) is 26.4. The molecule has 1 saturated heterocycles. The van der Waals surface area contributed by atoms with E-state index < -0.39 is 0 Å². The fraction of sp³-hybridized carbons (Fsp3) is 0.769. The van der Waals surface area contributed by atoms with Gasteiger partial charge in [-0.3, -0.25) is 9.58 Å². The van der Waals surface area contributed by atoms with Gasteiger partial charge in [0.05, 0.1) is 42.7 Å². The molecule has 0 N–H and O–H groups in total. The monoisotopic (exact) mass is 618 g/mol. The largest absolute Gasteiger partial charge is 0.477 e. The number of aryl methyl sites for hydroxylation is 1. The zero-order valence-electron chi connectivity index (χ0n) is 23.6. The van der Waals surface area contributed by atoms with E-state index in [1.54, 1.807) is 9.12 Å². The summed E-state index contributed by atoms with van der Waals surface area (Å²) in [7, 11) is 3.94. The van der Waals surface area contributed by atoms with Crippen molar-refractivity contribution >= 4 is 30.3 Å². The van der Waals surface area contributed by atoms with Crippen LogP contribution in [0, 0.1) is 18.3 Å². The molecule has 5 heterocycles. The zero-order valence-corrected chi connectivity index (χ0v) is 26.5. The van der Waals surface area contributed by atoms with Crippen LogP contribution in [-0.4, -0.2) is 62.1 Å². The highest BCUT2D eigenvalue weighted by Crippen LogP contribution is 2.42. The Morgan fingerprint density at radius 3 is 2.29 bits per heavy atom. The number of hydrogen-bond acceptors (Lipinski definition) is 6. The topological polar surface area (TPSA) is 51.4 Å². The van der Waals surface area contributed by atoms with Gasteiger partial charge in [0.25, 0.3) is 0 Å². The first-order chi connectivity index (χ1) is 16.4. The quantitative estimate of drug-likeness (QED) is 0.281. The van der Waals surface area contributed by atoms with Gasteiger partial charge < -0.3 is 4.74 Å². The van der Waals surface area contributed by atoms with E-state index in [4.69, 9.17) is 4.74 Å². The zero-order chi connectivity index (χ0) is 26.4. The summed E-state index contributed by atoms with van der Waals surface area (Å²) in [5.74, 6) is 1.79. The summed E-state index contributed by atoms with van der Waals surface area (Å²) in [6.07, 6.45) is 1.89. The average Bonchev–Trinajstić information content (AvgIpc) is 3.36. The summed E-state index contributed by atoms with van der Waals surface area (Å²) < 4.78 is 12.3. The van der Waals surface area contributed by atoms with Gasteiger partial charge in [-0.1, -0.05) is 55.4 Å². The number of likely N-dealkylation sites (N-methyl/N-ethyl adjacent to an activating group) is 1. The number of aromatic nitrogens is 4. The van der Waals surface area contributed by atoms with Crippen LogP contribution in [0.3, 0.4) is 0 Å². The average molecular weight is 619 g/mol. The Morgan fingerprint density at radius 1 is 1.09 bits per heavy atom. The van der Waals surface area contributed by atoms with Crippen LogP contribution < -0.4 is 4.74 Å². The van der Waals surface area contributed by atoms with E-state index in [2.05, 4.69) is 99.9 Å². The summed E-state index contributed by atoms with van der Waals surface area (Å²) in [5.41, 5.74) is 4.18. The number of nitrogens with zero attached hydrogens (tertiary/aromatic N) is 6. The van der Waals surface area contributed by atoms with Gasteiger partial charge in [-0.15, -0.1) is 0 Å². The van der Waals surface area contributed by atoms with Crippen molar-refractivity contribution in [1.29, 1.82) is 0 Å². The molecule has 0 unspecified atom stereocenters. The van der Waals surface area contributed by atoms with Gasteiger partial charge in [-0.05, 0) is 35.1 Å². The lowest BCUT2D eigenvalue weighted by molar-refractivity contribution is -0.0207. The van der Waals surface area contributed by atoms with E-state index in [-0.39, 0.29) is 5.41 Å². The van der Waals surface area contributed by atoms with Crippen LogP contribution in [0.5, 0.6) is 5.88 Å². The Balaban J connectivity index is 0.000000203. The predicted molar refractivity (Wildman–Crippen MR) is 157 cm³/mol. The lowest BCUT2D eigenvalue weighted by Crippen LogP contribution is -2.59. The Kier molecular flexibility index (Phi) is 11.4. The van der Waals surface area contributed by atoms with Gasteiger partial charge in [0, 0.05) is 58.4 Å². The van der Waals surface area contributed by atoms with Crippen LogP contribution in [0.1, 0.15) is 72.3 Å². The van der Waals surface area contributed by atoms with Crippen molar-refractivity contribution in [2.24, 2.45) is 11.3 Å². The Labute approximate surface area is 230 Å². The van der Waals surface area contributed by atoms with Crippen LogP contribution in [0.15, 0.2) is 12.3 Å². The van der Waals surface area contributed by atoms with Gasteiger partial charge in [0.2, 0.25) is 5.88 Å². The molecule has 0 aromatic carbocycles. The molecule has 35 heavy (non-hydrogen) atoms. The van der Waals surface area contributed by atoms with Gasteiger partial charge in [0.1, 0.15) is 0 Å². The summed E-state index contributed by atoms with van der Waals surface area (Å²) in [5, 5.41) is 9.00. The minimum Gasteiger partial charge on any atom is -0.477 e. The minimum absolute atomic E-state index is 0.170. The maximum Gasteiger partial charge on any atom is 0.214 e. The van der Waals surface area contributed by atoms with Crippen molar-refractivity contribution in [3.05, 3.63) is 29.2 Å². The van der Waals surface area contributed by atoms with Crippen LogP contribution in [-0.2, 0) is 25.0 Å². The maximum absolute atomic E-state index is 5.81. The molecule has 0 bridgehead atoms. The molecule has 7 nitrogen and oxygen atoms in total. The second-order valence-corrected chi connectivity index (χ2v) is 13.2. The number of fused-ring (bicyclic) bond motifs is 2. The van der Waals surface area contributed by atoms with Crippen LogP contribution in [0.2, 0.25) is 0 Å². The first-order valence-corrected chi connectivity index (χ1v) is 16.2. The molecular formula is C26H47IN6OS. The number of hydrogen-bond donors (Lipinski definition) is 0. The SMILES string of the molecule is CC.CC(C)C.CN1CCn2nc(C(C)(C)C)cc2C1.Cc1cnn2c1OCC1(CN(SI)C1)C2. The molecule has 5 rings (SSSR count). The fourth-order valence-corrected chi connectivity index (χ4v) is 5.54.